The molecular formula is C14H18BrNO2. The van der Waals surface area contributed by atoms with Crippen molar-refractivity contribution in [3.63, 3.8) is 0 Å². The fourth-order valence-electron chi connectivity index (χ4n) is 2.56. The summed E-state index contributed by atoms with van der Waals surface area (Å²) in [5.41, 5.74) is 2.33. The van der Waals surface area contributed by atoms with Gasteiger partial charge in [-0.1, -0.05) is 15.9 Å². The summed E-state index contributed by atoms with van der Waals surface area (Å²) in [5.74, 6) is -0.708. The van der Waals surface area contributed by atoms with Gasteiger partial charge in [0.2, 0.25) is 0 Å². The van der Waals surface area contributed by atoms with E-state index in [1.807, 2.05) is 6.07 Å². The molecule has 1 N–H and O–H groups in total. The van der Waals surface area contributed by atoms with Crippen LogP contribution in [-0.4, -0.2) is 23.7 Å². The fourth-order valence-corrected chi connectivity index (χ4v) is 2.81. The average Bonchev–Trinajstić information content (AvgIpc) is 2.33. The molecule has 0 saturated carbocycles. The molecule has 1 aromatic rings. The number of nitrogens with zero attached hydrogens (tertiary/aromatic N) is 1. The highest BCUT2D eigenvalue weighted by molar-refractivity contribution is 9.10. The van der Waals surface area contributed by atoms with Crippen LogP contribution in [0.1, 0.15) is 31.2 Å². The number of aryl methyl sites for hydroxylation is 1. The van der Waals surface area contributed by atoms with Gasteiger partial charge >= 0.3 is 5.97 Å². The standard InChI is InChI=1S/C14H18BrNO2/c1-10-8-12(5-6-13(10)15)16-7-3-2-4-11(16)9-14(17)18/h5-6,8,11H,2-4,7,9H2,1H3,(H,17,18). The summed E-state index contributed by atoms with van der Waals surface area (Å²) in [4.78, 5) is 13.2. The Labute approximate surface area is 116 Å². The second-order valence-corrected chi connectivity index (χ2v) is 5.73. The van der Waals surface area contributed by atoms with Crippen LogP contribution < -0.4 is 4.90 Å². The molecule has 2 rings (SSSR count). The maximum atomic E-state index is 10.9. The summed E-state index contributed by atoms with van der Waals surface area (Å²) in [5, 5.41) is 8.99. The van der Waals surface area contributed by atoms with Gasteiger partial charge < -0.3 is 10.0 Å². The van der Waals surface area contributed by atoms with Gasteiger partial charge in [0.15, 0.2) is 0 Å². The lowest BCUT2D eigenvalue weighted by Crippen LogP contribution is -2.40. The molecule has 1 saturated heterocycles. The van der Waals surface area contributed by atoms with Gasteiger partial charge in [-0.2, -0.15) is 0 Å². The highest BCUT2D eigenvalue weighted by atomic mass is 79.9. The van der Waals surface area contributed by atoms with Gasteiger partial charge in [0.25, 0.3) is 0 Å². The van der Waals surface area contributed by atoms with E-state index in [2.05, 4.69) is 39.9 Å². The van der Waals surface area contributed by atoms with Gasteiger partial charge in [-0.05, 0) is 49.9 Å². The maximum Gasteiger partial charge on any atom is 0.305 e. The van der Waals surface area contributed by atoms with E-state index < -0.39 is 5.97 Å². The van der Waals surface area contributed by atoms with E-state index in [0.29, 0.717) is 0 Å². The molecule has 1 fully saturated rings. The third-order valence-electron chi connectivity index (χ3n) is 3.51. The fraction of sp³-hybridized carbons (Fsp3) is 0.500. The van der Waals surface area contributed by atoms with Gasteiger partial charge in [-0.25, -0.2) is 0 Å². The molecule has 0 aromatic heterocycles. The summed E-state index contributed by atoms with van der Waals surface area (Å²) in [7, 11) is 0. The summed E-state index contributed by atoms with van der Waals surface area (Å²) >= 11 is 3.50. The molecule has 0 radical (unpaired) electrons. The molecular weight excluding hydrogens is 294 g/mol. The molecule has 98 valence electrons. The van der Waals surface area contributed by atoms with Crippen LogP contribution >= 0.6 is 15.9 Å². The van der Waals surface area contributed by atoms with Crippen LogP contribution in [0, 0.1) is 6.92 Å². The first-order valence-corrected chi connectivity index (χ1v) is 7.12. The zero-order chi connectivity index (χ0) is 13.1. The predicted molar refractivity (Wildman–Crippen MR) is 76.1 cm³/mol. The smallest absolute Gasteiger partial charge is 0.305 e. The lowest BCUT2D eigenvalue weighted by Gasteiger charge is -2.37. The number of halogens is 1. The quantitative estimate of drug-likeness (QED) is 0.927. The zero-order valence-corrected chi connectivity index (χ0v) is 12.1. The number of hydrogen-bond donors (Lipinski definition) is 1. The van der Waals surface area contributed by atoms with E-state index in [9.17, 15) is 4.79 Å². The highest BCUT2D eigenvalue weighted by Crippen LogP contribution is 2.29. The lowest BCUT2D eigenvalue weighted by atomic mass is 9.98. The molecule has 1 aliphatic heterocycles. The Morgan fingerprint density at radius 1 is 1.50 bits per heavy atom. The minimum absolute atomic E-state index is 0.136. The van der Waals surface area contributed by atoms with Crippen molar-refractivity contribution in [2.45, 2.75) is 38.6 Å². The van der Waals surface area contributed by atoms with Gasteiger partial charge in [0.1, 0.15) is 0 Å². The molecule has 18 heavy (non-hydrogen) atoms. The molecule has 1 atom stereocenters. The van der Waals surface area contributed by atoms with Crippen molar-refractivity contribution >= 4 is 27.6 Å². The maximum absolute atomic E-state index is 10.9. The minimum Gasteiger partial charge on any atom is -0.481 e. The van der Waals surface area contributed by atoms with E-state index in [-0.39, 0.29) is 12.5 Å². The zero-order valence-electron chi connectivity index (χ0n) is 10.5. The number of piperidine rings is 1. The van der Waals surface area contributed by atoms with Crippen LogP contribution in [0.4, 0.5) is 5.69 Å². The first kappa shape index (κ1) is 13.4. The Bertz CT molecular complexity index is 447. The lowest BCUT2D eigenvalue weighted by molar-refractivity contribution is -0.137. The molecule has 3 nitrogen and oxygen atoms in total. The van der Waals surface area contributed by atoms with Crippen LogP contribution in [0.3, 0.4) is 0 Å². The summed E-state index contributed by atoms with van der Waals surface area (Å²) in [6, 6.07) is 6.37. The summed E-state index contributed by atoms with van der Waals surface area (Å²) < 4.78 is 1.10. The van der Waals surface area contributed by atoms with Crippen molar-refractivity contribution in [2.24, 2.45) is 0 Å². The average molecular weight is 312 g/mol. The van der Waals surface area contributed by atoms with Crippen LogP contribution in [0.5, 0.6) is 0 Å². The third-order valence-corrected chi connectivity index (χ3v) is 4.40. The summed E-state index contributed by atoms with van der Waals surface area (Å²) in [6.45, 7) is 3.02. The molecule has 0 bridgehead atoms. The first-order valence-electron chi connectivity index (χ1n) is 6.32. The number of anilines is 1. The number of carboxylic acid groups (broad SMARTS) is 1. The van der Waals surface area contributed by atoms with Crippen molar-refractivity contribution < 1.29 is 9.90 Å². The number of aliphatic carboxylic acids is 1. The van der Waals surface area contributed by atoms with Crippen molar-refractivity contribution in [3.05, 3.63) is 28.2 Å². The molecule has 1 heterocycles. The van der Waals surface area contributed by atoms with Gasteiger partial charge in [-0.3, -0.25) is 4.79 Å². The van der Waals surface area contributed by atoms with Gasteiger partial charge in [-0.15, -0.1) is 0 Å². The van der Waals surface area contributed by atoms with Crippen molar-refractivity contribution in [2.75, 3.05) is 11.4 Å². The highest BCUT2D eigenvalue weighted by Gasteiger charge is 2.24. The number of rotatable bonds is 3. The number of hydrogen-bond acceptors (Lipinski definition) is 2. The molecule has 1 aliphatic rings. The number of benzene rings is 1. The van der Waals surface area contributed by atoms with Crippen molar-refractivity contribution in [1.29, 1.82) is 0 Å². The number of carboxylic acids is 1. The summed E-state index contributed by atoms with van der Waals surface area (Å²) in [6.07, 6.45) is 3.48. The Hall–Kier alpha value is -1.03. The Kier molecular flexibility index (Phi) is 4.27. The van der Waals surface area contributed by atoms with Crippen molar-refractivity contribution in [3.8, 4) is 0 Å². The molecule has 1 aromatic carbocycles. The monoisotopic (exact) mass is 311 g/mol. The second-order valence-electron chi connectivity index (χ2n) is 4.87. The Morgan fingerprint density at radius 3 is 2.94 bits per heavy atom. The van der Waals surface area contributed by atoms with Crippen LogP contribution in [0.15, 0.2) is 22.7 Å². The Balaban J connectivity index is 2.22. The van der Waals surface area contributed by atoms with E-state index in [0.717, 1.165) is 36.0 Å². The van der Waals surface area contributed by atoms with E-state index in [1.54, 1.807) is 0 Å². The minimum atomic E-state index is -0.708. The van der Waals surface area contributed by atoms with Crippen LogP contribution in [0.25, 0.3) is 0 Å². The van der Waals surface area contributed by atoms with Gasteiger partial charge in [0.05, 0.1) is 6.42 Å². The van der Waals surface area contributed by atoms with Crippen LogP contribution in [-0.2, 0) is 4.79 Å². The first-order chi connectivity index (χ1) is 8.58. The van der Waals surface area contributed by atoms with Crippen molar-refractivity contribution in [1.82, 2.24) is 0 Å². The topological polar surface area (TPSA) is 40.5 Å². The van der Waals surface area contributed by atoms with E-state index in [4.69, 9.17) is 5.11 Å². The molecule has 0 spiro atoms. The molecule has 0 amide bonds. The van der Waals surface area contributed by atoms with Crippen LogP contribution in [0.2, 0.25) is 0 Å². The third kappa shape index (κ3) is 3.05. The SMILES string of the molecule is Cc1cc(N2CCCCC2CC(=O)O)ccc1Br. The molecule has 4 heteroatoms. The van der Waals surface area contributed by atoms with E-state index >= 15 is 0 Å². The Morgan fingerprint density at radius 2 is 2.28 bits per heavy atom. The molecule has 1 unspecified atom stereocenters. The molecule has 0 aliphatic carbocycles. The van der Waals surface area contributed by atoms with E-state index in [1.165, 1.54) is 5.56 Å². The van der Waals surface area contributed by atoms with Gasteiger partial charge in [0, 0.05) is 22.7 Å². The predicted octanol–water partition coefficient (Wildman–Crippen LogP) is 3.59. The normalized spacial score (nSPS) is 19.9. The number of carbonyl (C=O) groups is 1. The second kappa shape index (κ2) is 5.74. The largest absolute Gasteiger partial charge is 0.481 e.